The number of hydrogen-bond donors (Lipinski definition) is 0. The third-order valence-electron chi connectivity index (χ3n) is 1.84. The summed E-state index contributed by atoms with van der Waals surface area (Å²) >= 11 is 6.85. The van der Waals surface area contributed by atoms with Crippen molar-refractivity contribution >= 4 is 31.9 Å². The Labute approximate surface area is 104 Å². The first-order valence-corrected chi connectivity index (χ1v) is 5.79. The number of nitrogens with zero attached hydrogens (tertiary/aromatic N) is 2. The highest BCUT2D eigenvalue weighted by Crippen LogP contribution is 2.35. The van der Waals surface area contributed by atoms with Gasteiger partial charge in [-0.3, -0.25) is 0 Å². The zero-order valence-corrected chi connectivity index (χ0v) is 11.0. The molecule has 0 saturated heterocycles. The molecule has 5 heteroatoms. The van der Waals surface area contributed by atoms with Gasteiger partial charge in [-0.25, -0.2) is 4.68 Å². The Morgan fingerprint density at radius 1 is 1.33 bits per heavy atom. The lowest BCUT2D eigenvalue weighted by Crippen LogP contribution is -1.95. The van der Waals surface area contributed by atoms with E-state index in [-0.39, 0.29) is 0 Å². The molecule has 0 fully saturated rings. The maximum Gasteiger partial charge on any atom is 0.218 e. The van der Waals surface area contributed by atoms with Crippen molar-refractivity contribution in [3.05, 3.63) is 39.4 Å². The Kier molecular flexibility index (Phi) is 3.11. The second kappa shape index (κ2) is 4.37. The zero-order valence-electron chi connectivity index (χ0n) is 7.87. The van der Waals surface area contributed by atoms with Crippen molar-refractivity contribution in [2.45, 2.75) is 0 Å². The van der Waals surface area contributed by atoms with Gasteiger partial charge in [0.1, 0.15) is 6.20 Å². The number of ether oxygens (including phenoxy) is 1. The predicted octanol–water partition coefficient (Wildman–Crippen LogP) is 3.54. The van der Waals surface area contributed by atoms with Crippen molar-refractivity contribution in [3.63, 3.8) is 0 Å². The highest BCUT2D eigenvalue weighted by molar-refractivity contribution is 9.11. The minimum Gasteiger partial charge on any atom is -0.437 e. The van der Waals surface area contributed by atoms with Gasteiger partial charge >= 0.3 is 0 Å². The van der Waals surface area contributed by atoms with Crippen LogP contribution in [0.4, 0.5) is 0 Å². The second-order valence-electron chi connectivity index (χ2n) is 2.89. The van der Waals surface area contributed by atoms with Crippen LogP contribution < -0.4 is 4.74 Å². The van der Waals surface area contributed by atoms with E-state index in [2.05, 4.69) is 43.2 Å². The highest BCUT2D eigenvalue weighted by atomic mass is 79.9. The quantitative estimate of drug-likeness (QED) is 0.842. The summed E-state index contributed by atoms with van der Waals surface area (Å²) < 4.78 is 9.08. The largest absolute Gasteiger partial charge is 0.437 e. The van der Waals surface area contributed by atoms with E-state index in [1.54, 1.807) is 17.8 Å². The topological polar surface area (TPSA) is 27.1 Å². The summed E-state index contributed by atoms with van der Waals surface area (Å²) in [6.45, 7) is 0. The Balaban J connectivity index is 2.36. The lowest BCUT2D eigenvalue weighted by Gasteiger charge is -2.08. The number of rotatable bonds is 2. The molecule has 0 aliphatic carbocycles. The van der Waals surface area contributed by atoms with Crippen LogP contribution in [0.2, 0.25) is 0 Å². The predicted molar refractivity (Wildman–Crippen MR) is 64.0 cm³/mol. The molecule has 0 bridgehead atoms. The minimum atomic E-state index is 0.641. The third kappa shape index (κ3) is 2.23. The first-order valence-electron chi connectivity index (χ1n) is 4.20. The monoisotopic (exact) mass is 329 g/mol. The molecule has 0 unspecified atom stereocenters. The average Bonchev–Trinajstić information content (AvgIpc) is 2.58. The molecule has 1 radical (unpaired) electrons. The van der Waals surface area contributed by atoms with Gasteiger partial charge in [0.15, 0.2) is 5.75 Å². The molecule has 1 heterocycles. The van der Waals surface area contributed by atoms with E-state index in [0.717, 1.165) is 14.7 Å². The van der Waals surface area contributed by atoms with Crippen molar-refractivity contribution in [2.75, 3.05) is 0 Å². The Morgan fingerprint density at radius 2 is 2.00 bits per heavy atom. The van der Waals surface area contributed by atoms with Crippen molar-refractivity contribution in [2.24, 2.45) is 7.05 Å². The first-order chi connectivity index (χ1) is 7.18. The standard InChI is InChI=1S/C10H7Br2N2O/c1-14-9(5-6-13-14)15-10-7(11)3-2-4-8(10)12/h2-5H,1H3. The van der Waals surface area contributed by atoms with E-state index in [0.29, 0.717) is 5.88 Å². The van der Waals surface area contributed by atoms with Crippen LogP contribution in [0.3, 0.4) is 0 Å². The molecule has 0 atom stereocenters. The van der Waals surface area contributed by atoms with Gasteiger partial charge in [-0.15, -0.1) is 0 Å². The van der Waals surface area contributed by atoms with Crippen LogP contribution >= 0.6 is 31.9 Å². The molecular formula is C10H7Br2N2O. The summed E-state index contributed by atoms with van der Waals surface area (Å²) in [7, 11) is 1.80. The molecule has 0 amide bonds. The van der Waals surface area contributed by atoms with E-state index in [1.807, 2.05) is 18.2 Å². The molecule has 2 rings (SSSR count). The fraction of sp³-hybridized carbons (Fsp3) is 0.100. The summed E-state index contributed by atoms with van der Waals surface area (Å²) in [4.78, 5) is 0. The number of hydrogen-bond acceptors (Lipinski definition) is 2. The molecule has 0 spiro atoms. The van der Waals surface area contributed by atoms with Gasteiger partial charge in [-0.05, 0) is 44.0 Å². The van der Waals surface area contributed by atoms with Gasteiger partial charge in [0.25, 0.3) is 0 Å². The highest BCUT2D eigenvalue weighted by Gasteiger charge is 2.09. The Bertz CT molecular complexity index is 462. The van der Waals surface area contributed by atoms with Crippen molar-refractivity contribution < 1.29 is 4.74 Å². The molecule has 77 valence electrons. The van der Waals surface area contributed by atoms with Crippen LogP contribution in [0.15, 0.2) is 33.2 Å². The molecule has 0 N–H and O–H groups in total. The Morgan fingerprint density at radius 3 is 2.53 bits per heavy atom. The number of halogens is 2. The molecule has 1 aromatic heterocycles. The zero-order chi connectivity index (χ0) is 10.8. The van der Waals surface area contributed by atoms with Crippen LogP contribution in [0.5, 0.6) is 11.6 Å². The number of para-hydroxylation sites is 1. The van der Waals surface area contributed by atoms with Crippen LogP contribution in [-0.4, -0.2) is 9.78 Å². The van der Waals surface area contributed by atoms with E-state index < -0.39 is 0 Å². The molecule has 1 aromatic carbocycles. The maximum atomic E-state index is 5.69. The van der Waals surface area contributed by atoms with Crippen LogP contribution in [0.1, 0.15) is 0 Å². The summed E-state index contributed by atoms with van der Waals surface area (Å²) in [6.07, 6.45) is 2.71. The number of aromatic nitrogens is 2. The van der Waals surface area contributed by atoms with Gasteiger partial charge in [-0.2, -0.15) is 5.10 Å². The molecule has 3 nitrogen and oxygen atoms in total. The molecule has 15 heavy (non-hydrogen) atoms. The van der Waals surface area contributed by atoms with E-state index in [9.17, 15) is 0 Å². The summed E-state index contributed by atoms with van der Waals surface area (Å²) in [5.74, 6) is 1.37. The molecule has 2 aromatic rings. The van der Waals surface area contributed by atoms with Gasteiger partial charge in [0.2, 0.25) is 5.88 Å². The second-order valence-corrected chi connectivity index (χ2v) is 4.60. The van der Waals surface area contributed by atoms with E-state index in [4.69, 9.17) is 4.74 Å². The molecule has 0 aliphatic rings. The van der Waals surface area contributed by atoms with Gasteiger partial charge in [0.05, 0.1) is 8.95 Å². The van der Waals surface area contributed by atoms with Crippen LogP contribution in [-0.2, 0) is 7.05 Å². The molecule has 0 saturated carbocycles. The normalized spacial score (nSPS) is 10.3. The van der Waals surface area contributed by atoms with Crippen molar-refractivity contribution in [3.8, 4) is 11.6 Å². The summed E-state index contributed by atoms with van der Waals surface area (Å²) in [6, 6.07) is 7.45. The average molecular weight is 331 g/mol. The fourth-order valence-corrected chi connectivity index (χ4v) is 2.25. The van der Waals surface area contributed by atoms with E-state index >= 15 is 0 Å². The van der Waals surface area contributed by atoms with Gasteiger partial charge in [0, 0.05) is 13.1 Å². The lowest BCUT2D eigenvalue weighted by atomic mass is 10.3. The van der Waals surface area contributed by atoms with Crippen LogP contribution in [0.25, 0.3) is 0 Å². The summed E-state index contributed by atoms with van der Waals surface area (Å²) in [5, 5.41) is 3.91. The van der Waals surface area contributed by atoms with Crippen molar-refractivity contribution in [1.82, 2.24) is 9.78 Å². The van der Waals surface area contributed by atoms with Gasteiger partial charge in [-0.1, -0.05) is 6.07 Å². The van der Waals surface area contributed by atoms with Gasteiger partial charge < -0.3 is 4.74 Å². The SMILES string of the molecule is Cn1n[c]cc1Oc1c(Br)cccc1Br. The minimum absolute atomic E-state index is 0.641. The molecule has 0 aliphatic heterocycles. The van der Waals surface area contributed by atoms with Crippen molar-refractivity contribution in [1.29, 1.82) is 0 Å². The third-order valence-corrected chi connectivity index (χ3v) is 3.09. The Hall–Kier alpha value is -0.810. The van der Waals surface area contributed by atoms with Crippen LogP contribution in [0, 0.1) is 6.20 Å². The van der Waals surface area contributed by atoms with E-state index in [1.165, 1.54) is 0 Å². The number of aryl methyl sites for hydroxylation is 1. The summed E-state index contributed by atoms with van der Waals surface area (Å²) in [5.41, 5.74) is 0. The lowest BCUT2D eigenvalue weighted by molar-refractivity contribution is 0.426. The first kappa shape index (κ1) is 10.7. The molecular weight excluding hydrogens is 324 g/mol. The maximum absolute atomic E-state index is 5.69. The number of benzene rings is 1. The smallest absolute Gasteiger partial charge is 0.218 e. The fourth-order valence-electron chi connectivity index (χ4n) is 1.09.